The second-order valence-corrected chi connectivity index (χ2v) is 11.2. The highest BCUT2D eigenvalue weighted by Crippen LogP contribution is 2.30. The van der Waals surface area contributed by atoms with Gasteiger partial charge < -0.3 is 4.90 Å². The maximum Gasteiger partial charge on any atom is 0.264 e. The average Bonchev–Trinajstić information content (AvgIpc) is 2.85. The van der Waals surface area contributed by atoms with Crippen molar-refractivity contribution in [2.45, 2.75) is 18.4 Å². The number of hydrogen-bond acceptors (Lipinski definition) is 4. The maximum atomic E-state index is 13.6. The lowest BCUT2D eigenvalue weighted by atomic mass is 10.2. The molecule has 6 nitrogen and oxygen atoms in total. The molecule has 0 atom stereocenters. The zero-order chi connectivity index (χ0) is 25.0. The molecule has 1 saturated heterocycles. The summed E-state index contributed by atoms with van der Waals surface area (Å²) in [7, 11) is -4.01. The topological polar surface area (TPSA) is 60.9 Å². The van der Waals surface area contributed by atoms with Crippen molar-refractivity contribution in [3.63, 3.8) is 0 Å². The Labute approximate surface area is 216 Å². The molecular formula is C26H27Cl2N3O3S. The number of hydrogen-bond donors (Lipinski definition) is 0. The van der Waals surface area contributed by atoms with Crippen LogP contribution >= 0.6 is 23.2 Å². The van der Waals surface area contributed by atoms with Crippen LogP contribution in [0.5, 0.6) is 0 Å². The highest BCUT2D eigenvalue weighted by molar-refractivity contribution is 7.92. The van der Waals surface area contributed by atoms with Gasteiger partial charge in [0.25, 0.3) is 10.0 Å². The quantitative estimate of drug-likeness (QED) is 0.437. The number of benzene rings is 3. The van der Waals surface area contributed by atoms with E-state index in [0.29, 0.717) is 18.1 Å². The molecule has 1 aliphatic heterocycles. The second-order valence-electron chi connectivity index (χ2n) is 8.57. The number of amides is 1. The van der Waals surface area contributed by atoms with Crippen LogP contribution in [0.25, 0.3) is 0 Å². The zero-order valence-electron chi connectivity index (χ0n) is 19.4. The minimum absolute atomic E-state index is 0.106. The fraction of sp³-hybridized carbons (Fsp3) is 0.269. The van der Waals surface area contributed by atoms with Gasteiger partial charge in [-0.25, -0.2) is 8.42 Å². The van der Waals surface area contributed by atoms with E-state index in [1.165, 1.54) is 17.7 Å². The van der Waals surface area contributed by atoms with Crippen LogP contribution in [-0.2, 0) is 21.4 Å². The predicted molar refractivity (Wildman–Crippen MR) is 140 cm³/mol. The molecule has 0 aliphatic carbocycles. The van der Waals surface area contributed by atoms with Crippen molar-refractivity contribution in [2.75, 3.05) is 37.0 Å². The Balaban J connectivity index is 1.51. The fourth-order valence-corrected chi connectivity index (χ4v) is 5.71. The van der Waals surface area contributed by atoms with Crippen LogP contribution in [-0.4, -0.2) is 56.8 Å². The number of carbonyl (C=O) groups is 1. The standard InChI is InChI=1S/C26H27Cl2N3O3S/c1-20-7-10-23(11-8-20)35(33,34)31(22-9-12-24(27)25(28)17-22)19-26(32)30-15-13-29(14-16-30)18-21-5-3-2-4-6-21/h2-12,17H,13-16,18-19H2,1H3. The third kappa shape index (κ3) is 6.16. The Morgan fingerprint density at radius 3 is 2.17 bits per heavy atom. The molecule has 0 aromatic heterocycles. The van der Waals surface area contributed by atoms with E-state index in [0.717, 1.165) is 29.5 Å². The van der Waals surface area contributed by atoms with Crippen LogP contribution in [0.1, 0.15) is 11.1 Å². The molecule has 3 aromatic rings. The van der Waals surface area contributed by atoms with Crippen molar-refractivity contribution in [1.29, 1.82) is 0 Å². The van der Waals surface area contributed by atoms with Crippen LogP contribution in [0.2, 0.25) is 10.0 Å². The summed E-state index contributed by atoms with van der Waals surface area (Å²) in [6, 6.07) is 21.3. The maximum absolute atomic E-state index is 13.6. The molecule has 3 aromatic carbocycles. The third-order valence-corrected chi connectivity index (χ3v) is 8.58. The van der Waals surface area contributed by atoms with Crippen molar-refractivity contribution in [3.8, 4) is 0 Å². The van der Waals surface area contributed by atoms with Crippen LogP contribution in [0, 0.1) is 6.92 Å². The molecule has 0 unspecified atom stereocenters. The molecule has 35 heavy (non-hydrogen) atoms. The zero-order valence-corrected chi connectivity index (χ0v) is 21.7. The summed E-state index contributed by atoms with van der Waals surface area (Å²) < 4.78 is 28.3. The van der Waals surface area contributed by atoms with Crippen LogP contribution in [0.3, 0.4) is 0 Å². The second kappa shape index (κ2) is 11.0. The van der Waals surface area contributed by atoms with Crippen molar-refractivity contribution in [1.82, 2.24) is 9.80 Å². The van der Waals surface area contributed by atoms with Crippen LogP contribution < -0.4 is 4.31 Å². The van der Waals surface area contributed by atoms with E-state index in [9.17, 15) is 13.2 Å². The van der Waals surface area contributed by atoms with Gasteiger partial charge >= 0.3 is 0 Å². The summed E-state index contributed by atoms with van der Waals surface area (Å²) in [5.41, 5.74) is 2.45. The molecule has 0 spiro atoms. The van der Waals surface area contributed by atoms with Gasteiger partial charge in [-0.1, -0.05) is 71.2 Å². The summed E-state index contributed by atoms with van der Waals surface area (Å²) in [4.78, 5) is 17.4. The van der Waals surface area contributed by atoms with Gasteiger partial charge in [-0.05, 0) is 42.8 Å². The van der Waals surface area contributed by atoms with E-state index >= 15 is 0 Å². The number of piperazine rings is 1. The average molecular weight is 532 g/mol. The predicted octanol–water partition coefficient (Wildman–Crippen LogP) is 4.84. The van der Waals surface area contributed by atoms with E-state index in [1.807, 2.05) is 25.1 Å². The van der Waals surface area contributed by atoms with Crippen molar-refractivity contribution in [3.05, 3.63) is 94.0 Å². The summed E-state index contributed by atoms with van der Waals surface area (Å²) in [5, 5.41) is 0.527. The van der Waals surface area contributed by atoms with Gasteiger partial charge in [-0.2, -0.15) is 0 Å². The molecule has 1 amide bonds. The lowest BCUT2D eigenvalue weighted by molar-refractivity contribution is -0.131. The molecule has 0 N–H and O–H groups in total. The van der Waals surface area contributed by atoms with E-state index in [4.69, 9.17) is 23.2 Å². The minimum atomic E-state index is -4.01. The number of anilines is 1. The number of aryl methyl sites for hydroxylation is 1. The molecule has 0 saturated carbocycles. The lowest BCUT2D eigenvalue weighted by Gasteiger charge is -2.36. The molecule has 9 heteroatoms. The van der Waals surface area contributed by atoms with Crippen molar-refractivity contribution in [2.24, 2.45) is 0 Å². The van der Waals surface area contributed by atoms with Gasteiger partial charge in [-0.3, -0.25) is 14.0 Å². The monoisotopic (exact) mass is 531 g/mol. The third-order valence-electron chi connectivity index (χ3n) is 6.05. The van der Waals surface area contributed by atoms with Gasteiger partial charge in [0.05, 0.1) is 20.6 Å². The van der Waals surface area contributed by atoms with E-state index in [-0.39, 0.29) is 28.1 Å². The Morgan fingerprint density at radius 1 is 0.886 bits per heavy atom. The van der Waals surface area contributed by atoms with Crippen LogP contribution in [0.15, 0.2) is 77.7 Å². The van der Waals surface area contributed by atoms with E-state index in [1.54, 1.807) is 35.2 Å². The molecule has 1 heterocycles. The molecule has 4 rings (SSSR count). The number of nitrogens with zero attached hydrogens (tertiary/aromatic N) is 3. The lowest BCUT2D eigenvalue weighted by Crippen LogP contribution is -2.51. The summed E-state index contributed by atoms with van der Waals surface area (Å²) >= 11 is 12.2. The fourth-order valence-electron chi connectivity index (χ4n) is 4.01. The number of halogens is 2. The molecule has 184 valence electrons. The highest BCUT2D eigenvalue weighted by Gasteiger charge is 2.30. The van der Waals surface area contributed by atoms with Gasteiger partial charge in [0.2, 0.25) is 5.91 Å². The van der Waals surface area contributed by atoms with Crippen molar-refractivity contribution >= 4 is 44.8 Å². The molecule has 1 fully saturated rings. The summed E-state index contributed by atoms with van der Waals surface area (Å²) in [5.74, 6) is -0.258. The number of carbonyl (C=O) groups excluding carboxylic acids is 1. The molecule has 1 aliphatic rings. The first-order chi connectivity index (χ1) is 16.7. The number of sulfonamides is 1. The van der Waals surface area contributed by atoms with Gasteiger partial charge in [0.1, 0.15) is 6.54 Å². The Kier molecular flexibility index (Phi) is 8.02. The molecule has 0 radical (unpaired) electrons. The Morgan fingerprint density at radius 2 is 1.54 bits per heavy atom. The summed E-state index contributed by atoms with van der Waals surface area (Å²) in [6.07, 6.45) is 0. The largest absolute Gasteiger partial charge is 0.339 e. The minimum Gasteiger partial charge on any atom is -0.339 e. The van der Waals surface area contributed by atoms with Crippen LogP contribution in [0.4, 0.5) is 5.69 Å². The highest BCUT2D eigenvalue weighted by atomic mass is 35.5. The first-order valence-electron chi connectivity index (χ1n) is 11.3. The van der Waals surface area contributed by atoms with Gasteiger partial charge in [-0.15, -0.1) is 0 Å². The van der Waals surface area contributed by atoms with Gasteiger partial charge in [0.15, 0.2) is 0 Å². The van der Waals surface area contributed by atoms with Gasteiger partial charge in [0, 0.05) is 32.7 Å². The van der Waals surface area contributed by atoms with E-state index < -0.39 is 10.0 Å². The number of rotatable bonds is 7. The smallest absolute Gasteiger partial charge is 0.264 e. The first-order valence-corrected chi connectivity index (χ1v) is 13.5. The Hall–Kier alpha value is -2.58. The Bertz CT molecular complexity index is 1280. The molecular weight excluding hydrogens is 505 g/mol. The SMILES string of the molecule is Cc1ccc(S(=O)(=O)N(CC(=O)N2CCN(Cc3ccccc3)CC2)c2ccc(Cl)c(Cl)c2)cc1. The van der Waals surface area contributed by atoms with Crippen molar-refractivity contribution < 1.29 is 13.2 Å². The normalized spacial score (nSPS) is 14.7. The molecule has 0 bridgehead atoms. The summed E-state index contributed by atoms with van der Waals surface area (Å²) in [6.45, 7) is 4.88. The van der Waals surface area contributed by atoms with E-state index in [2.05, 4.69) is 17.0 Å². The first kappa shape index (κ1) is 25.5.